The van der Waals surface area contributed by atoms with Crippen LogP contribution in [-0.2, 0) is 16.5 Å². The molecule has 1 saturated carbocycles. The molecular weight excluding hydrogens is 399 g/mol. The number of benzene rings is 1. The van der Waals surface area contributed by atoms with Crippen molar-refractivity contribution in [2.45, 2.75) is 51.4 Å². The van der Waals surface area contributed by atoms with E-state index in [1.54, 1.807) is 22.9 Å². The molecule has 1 aliphatic carbocycles. The highest BCUT2D eigenvalue weighted by molar-refractivity contribution is 7.91. The molecule has 2 aromatic rings. The lowest BCUT2D eigenvalue weighted by Crippen LogP contribution is -2.38. The second kappa shape index (κ2) is 7.68. The average Bonchev–Trinajstić information content (AvgIpc) is 3.35. The summed E-state index contributed by atoms with van der Waals surface area (Å²) in [6.07, 6.45) is 3.58. The highest BCUT2D eigenvalue weighted by atomic mass is 32.2. The zero-order chi connectivity index (χ0) is 19.9. The molecule has 6 nitrogen and oxygen atoms in total. The van der Waals surface area contributed by atoms with Gasteiger partial charge >= 0.3 is 0 Å². The summed E-state index contributed by atoms with van der Waals surface area (Å²) < 4.78 is 42.6. The number of sulfone groups is 1. The molecule has 152 valence electrons. The molecule has 0 spiro atoms. The van der Waals surface area contributed by atoms with Crippen LogP contribution < -0.4 is 0 Å². The van der Waals surface area contributed by atoms with Gasteiger partial charge in [0, 0.05) is 12.1 Å². The van der Waals surface area contributed by atoms with Gasteiger partial charge in [-0.1, -0.05) is 19.1 Å². The molecule has 1 aromatic heterocycles. The smallest absolute Gasteiger partial charge is 0.199 e. The first-order chi connectivity index (χ1) is 13.4. The van der Waals surface area contributed by atoms with Crippen molar-refractivity contribution in [1.82, 2.24) is 19.2 Å². The van der Waals surface area contributed by atoms with Gasteiger partial charge in [0.1, 0.15) is 5.82 Å². The van der Waals surface area contributed by atoms with Crippen molar-refractivity contribution in [2.24, 2.45) is 0 Å². The quantitative estimate of drug-likeness (QED) is 0.638. The molecule has 2 aliphatic rings. The van der Waals surface area contributed by atoms with Gasteiger partial charge in [-0.3, -0.25) is 9.47 Å². The lowest BCUT2D eigenvalue weighted by molar-refractivity contribution is 0.155. The first kappa shape index (κ1) is 19.7. The van der Waals surface area contributed by atoms with Crippen LogP contribution in [0, 0.1) is 10.6 Å². The van der Waals surface area contributed by atoms with Crippen LogP contribution in [-0.4, -0.2) is 51.8 Å². The van der Waals surface area contributed by atoms with E-state index in [4.69, 9.17) is 12.2 Å². The number of rotatable bonds is 7. The minimum absolute atomic E-state index is 0.0187. The van der Waals surface area contributed by atoms with E-state index in [1.165, 1.54) is 6.07 Å². The van der Waals surface area contributed by atoms with Gasteiger partial charge in [0.25, 0.3) is 0 Å². The predicted octanol–water partition coefficient (Wildman–Crippen LogP) is 3.41. The van der Waals surface area contributed by atoms with Crippen molar-refractivity contribution in [1.29, 1.82) is 0 Å². The van der Waals surface area contributed by atoms with Gasteiger partial charge in [0.2, 0.25) is 0 Å². The van der Waals surface area contributed by atoms with Gasteiger partial charge in [-0.2, -0.15) is 5.10 Å². The Morgan fingerprint density at radius 2 is 2.04 bits per heavy atom. The monoisotopic (exact) mass is 424 g/mol. The lowest BCUT2D eigenvalue weighted by atomic mass is 10.2. The molecule has 0 N–H and O–H groups in total. The largest absolute Gasteiger partial charge is 0.297 e. The van der Waals surface area contributed by atoms with Gasteiger partial charge < -0.3 is 0 Å². The second-order valence-electron chi connectivity index (χ2n) is 7.70. The summed E-state index contributed by atoms with van der Waals surface area (Å²) in [6.45, 7) is 3.27. The Labute approximate surface area is 169 Å². The maximum Gasteiger partial charge on any atom is 0.199 e. The molecule has 1 aliphatic heterocycles. The van der Waals surface area contributed by atoms with Gasteiger partial charge in [-0.05, 0) is 56.6 Å². The van der Waals surface area contributed by atoms with Crippen LogP contribution >= 0.6 is 12.2 Å². The van der Waals surface area contributed by atoms with Crippen molar-refractivity contribution in [3.8, 4) is 11.4 Å². The molecule has 28 heavy (non-hydrogen) atoms. The van der Waals surface area contributed by atoms with Crippen LogP contribution in [0.3, 0.4) is 0 Å². The lowest BCUT2D eigenvalue weighted by Gasteiger charge is -2.27. The molecule has 1 unspecified atom stereocenters. The van der Waals surface area contributed by atoms with Crippen molar-refractivity contribution in [3.63, 3.8) is 0 Å². The highest BCUT2D eigenvalue weighted by Gasteiger charge is 2.34. The molecule has 1 aromatic carbocycles. The Bertz CT molecular complexity index is 1030. The summed E-state index contributed by atoms with van der Waals surface area (Å²) in [5, 5.41) is 4.68. The number of nitrogens with zero attached hydrogens (tertiary/aromatic N) is 4. The maximum atomic E-state index is 14.4. The Morgan fingerprint density at radius 3 is 2.64 bits per heavy atom. The molecule has 4 rings (SSSR count). The van der Waals surface area contributed by atoms with Crippen molar-refractivity contribution >= 4 is 22.1 Å². The van der Waals surface area contributed by atoms with Crippen LogP contribution in [0.5, 0.6) is 0 Å². The first-order valence-electron chi connectivity index (χ1n) is 9.78. The summed E-state index contributed by atoms with van der Waals surface area (Å²) in [5.74, 6) is 0.661. The van der Waals surface area contributed by atoms with Gasteiger partial charge in [-0.25, -0.2) is 17.5 Å². The summed E-state index contributed by atoms with van der Waals surface area (Å²) in [4.78, 5) is 2.15. The molecule has 1 atom stereocenters. The zero-order valence-corrected chi connectivity index (χ0v) is 17.6. The minimum Gasteiger partial charge on any atom is -0.297 e. The van der Waals surface area contributed by atoms with Crippen LogP contribution in [0.2, 0.25) is 0 Å². The average molecular weight is 425 g/mol. The third-order valence-electron chi connectivity index (χ3n) is 5.45. The Balaban J connectivity index is 1.69. The van der Waals surface area contributed by atoms with E-state index in [-0.39, 0.29) is 29.4 Å². The Hall–Kier alpha value is -1.58. The van der Waals surface area contributed by atoms with Gasteiger partial charge in [0.05, 0.1) is 23.7 Å². The van der Waals surface area contributed by atoms with E-state index >= 15 is 0 Å². The van der Waals surface area contributed by atoms with Crippen LogP contribution in [0.1, 0.15) is 38.6 Å². The van der Waals surface area contributed by atoms with Crippen molar-refractivity contribution in [2.75, 3.05) is 18.1 Å². The van der Waals surface area contributed by atoms with Crippen LogP contribution in [0.4, 0.5) is 4.39 Å². The first-order valence-corrected chi connectivity index (χ1v) is 12.0. The van der Waals surface area contributed by atoms with E-state index in [1.807, 2.05) is 4.57 Å². The maximum absolute atomic E-state index is 14.4. The SMILES string of the molecule is CCCN(Cn1nc(-c2ccccc2F)n(C2CC2)c1=S)C1CCS(=O)(=O)C1. The van der Waals surface area contributed by atoms with Gasteiger partial charge in [-0.15, -0.1) is 0 Å². The fraction of sp³-hybridized carbons (Fsp3) is 0.579. The highest BCUT2D eigenvalue weighted by Crippen LogP contribution is 2.39. The topological polar surface area (TPSA) is 60.1 Å². The summed E-state index contributed by atoms with van der Waals surface area (Å²) in [5.41, 5.74) is 0.449. The molecule has 1 saturated heterocycles. The molecular formula is C19H25FN4O2S2. The van der Waals surface area contributed by atoms with Crippen LogP contribution in [0.15, 0.2) is 24.3 Å². The molecule has 0 amide bonds. The van der Waals surface area contributed by atoms with Crippen molar-refractivity contribution < 1.29 is 12.8 Å². The summed E-state index contributed by atoms with van der Waals surface area (Å²) in [6, 6.07) is 6.86. The van der Waals surface area contributed by atoms with E-state index < -0.39 is 9.84 Å². The molecule has 9 heteroatoms. The summed E-state index contributed by atoms with van der Waals surface area (Å²) >= 11 is 5.69. The summed E-state index contributed by atoms with van der Waals surface area (Å²) in [7, 11) is -2.97. The number of halogens is 1. The number of hydrogen-bond donors (Lipinski definition) is 0. The number of aromatic nitrogens is 3. The van der Waals surface area contributed by atoms with E-state index in [2.05, 4.69) is 16.9 Å². The van der Waals surface area contributed by atoms with Crippen molar-refractivity contribution in [3.05, 3.63) is 34.9 Å². The van der Waals surface area contributed by atoms with E-state index in [9.17, 15) is 12.8 Å². The van der Waals surface area contributed by atoms with Crippen LogP contribution in [0.25, 0.3) is 11.4 Å². The Morgan fingerprint density at radius 1 is 1.29 bits per heavy atom. The number of hydrogen-bond acceptors (Lipinski definition) is 5. The Kier molecular flexibility index (Phi) is 5.41. The predicted molar refractivity (Wildman–Crippen MR) is 109 cm³/mol. The third-order valence-corrected chi connectivity index (χ3v) is 7.61. The zero-order valence-electron chi connectivity index (χ0n) is 15.9. The fourth-order valence-corrected chi connectivity index (χ4v) is 5.99. The van der Waals surface area contributed by atoms with E-state index in [0.717, 1.165) is 25.8 Å². The molecule has 2 fully saturated rings. The molecule has 0 bridgehead atoms. The van der Waals surface area contributed by atoms with E-state index in [0.29, 0.717) is 29.2 Å². The normalized spacial score (nSPS) is 21.5. The van der Waals surface area contributed by atoms with Gasteiger partial charge in [0.15, 0.2) is 20.4 Å². The standard InChI is InChI=1S/C19H25FN4O2S2/c1-2-10-22(15-9-11-28(25,26)12-15)13-23-19(27)24(14-7-8-14)18(21-23)16-5-3-4-6-17(16)20/h3-6,14-15H,2,7-13H2,1H3. The second-order valence-corrected chi connectivity index (χ2v) is 10.3. The molecule has 2 heterocycles. The fourth-order valence-electron chi connectivity index (χ4n) is 3.89. The third kappa shape index (κ3) is 3.92. The molecule has 0 radical (unpaired) electrons. The minimum atomic E-state index is -2.97.